The average molecular weight is 234 g/mol. The second-order valence-electron chi connectivity index (χ2n) is 4.85. The van der Waals surface area contributed by atoms with Crippen LogP contribution in [0.2, 0.25) is 0 Å². The van der Waals surface area contributed by atoms with E-state index in [1.54, 1.807) is 0 Å². The Morgan fingerprint density at radius 1 is 1.18 bits per heavy atom. The van der Waals surface area contributed by atoms with Crippen LogP contribution in [-0.4, -0.2) is 20.6 Å². The molecule has 0 aliphatic rings. The summed E-state index contributed by atoms with van der Waals surface area (Å²) in [7, 11) is 4.08. The molecule has 1 rings (SSSR count). The van der Waals surface area contributed by atoms with Crippen molar-refractivity contribution in [2.24, 2.45) is 5.92 Å². The fourth-order valence-electron chi connectivity index (χ4n) is 2.58. The van der Waals surface area contributed by atoms with E-state index in [0.717, 1.165) is 6.54 Å². The molecule has 0 spiro atoms. The quantitative estimate of drug-likeness (QED) is 0.791. The summed E-state index contributed by atoms with van der Waals surface area (Å²) >= 11 is 0. The van der Waals surface area contributed by atoms with Gasteiger partial charge in [-0.1, -0.05) is 37.1 Å². The highest BCUT2D eigenvalue weighted by Gasteiger charge is 2.20. The minimum absolute atomic E-state index is 0.438. The minimum atomic E-state index is 0.438. The lowest BCUT2D eigenvalue weighted by Gasteiger charge is -2.27. The maximum absolute atomic E-state index is 3.47. The lowest BCUT2D eigenvalue weighted by molar-refractivity contribution is 0.358. The molecule has 2 atom stereocenters. The fraction of sp³-hybridized carbons (Fsp3) is 0.600. The number of aryl methyl sites for hydroxylation is 2. The first-order valence-electron chi connectivity index (χ1n) is 6.53. The highest BCUT2D eigenvalue weighted by molar-refractivity contribution is 5.33. The first-order valence-corrected chi connectivity index (χ1v) is 6.53. The monoisotopic (exact) mass is 234 g/mol. The molecule has 0 saturated heterocycles. The molecule has 96 valence electrons. The molecule has 17 heavy (non-hydrogen) atoms. The summed E-state index contributed by atoms with van der Waals surface area (Å²) in [6.07, 6.45) is 1.18. The van der Waals surface area contributed by atoms with Crippen molar-refractivity contribution in [1.82, 2.24) is 10.6 Å². The van der Waals surface area contributed by atoms with Crippen molar-refractivity contribution in [2.75, 3.05) is 20.6 Å². The molecule has 2 nitrogen and oxygen atoms in total. The van der Waals surface area contributed by atoms with Crippen LogP contribution in [0.15, 0.2) is 18.2 Å². The number of benzene rings is 1. The van der Waals surface area contributed by atoms with Crippen LogP contribution < -0.4 is 10.6 Å². The van der Waals surface area contributed by atoms with Crippen LogP contribution in [0.5, 0.6) is 0 Å². The van der Waals surface area contributed by atoms with Crippen LogP contribution in [0.4, 0.5) is 0 Å². The summed E-state index contributed by atoms with van der Waals surface area (Å²) in [5.41, 5.74) is 4.15. The van der Waals surface area contributed by atoms with Crippen LogP contribution in [0, 0.1) is 19.8 Å². The number of nitrogens with one attached hydrogen (secondary N) is 2. The first kappa shape index (κ1) is 14.2. The Morgan fingerprint density at radius 2 is 1.88 bits per heavy atom. The van der Waals surface area contributed by atoms with Gasteiger partial charge in [0.25, 0.3) is 0 Å². The molecule has 0 aromatic heterocycles. The van der Waals surface area contributed by atoms with Crippen molar-refractivity contribution in [2.45, 2.75) is 33.2 Å². The molecule has 2 N–H and O–H groups in total. The van der Waals surface area contributed by atoms with Gasteiger partial charge in [0.2, 0.25) is 0 Å². The maximum atomic E-state index is 3.47. The van der Waals surface area contributed by atoms with E-state index >= 15 is 0 Å². The zero-order valence-corrected chi connectivity index (χ0v) is 11.8. The van der Waals surface area contributed by atoms with E-state index in [1.165, 1.54) is 23.1 Å². The van der Waals surface area contributed by atoms with Gasteiger partial charge in [-0.25, -0.2) is 0 Å². The van der Waals surface area contributed by atoms with Gasteiger partial charge >= 0.3 is 0 Å². The van der Waals surface area contributed by atoms with Crippen molar-refractivity contribution >= 4 is 0 Å². The molecule has 0 amide bonds. The molecular formula is C15H26N2. The zero-order valence-electron chi connectivity index (χ0n) is 11.8. The van der Waals surface area contributed by atoms with Crippen LogP contribution in [0.3, 0.4) is 0 Å². The largest absolute Gasteiger partial charge is 0.319 e. The molecular weight excluding hydrogens is 208 g/mol. The summed E-state index contributed by atoms with van der Waals surface area (Å²) in [5.74, 6) is 0.631. The average Bonchev–Trinajstić information content (AvgIpc) is 2.31. The molecule has 1 aromatic carbocycles. The third-order valence-electron chi connectivity index (χ3n) is 3.53. The Labute approximate surface area is 106 Å². The van der Waals surface area contributed by atoms with Gasteiger partial charge < -0.3 is 10.6 Å². The third kappa shape index (κ3) is 3.55. The predicted molar refractivity (Wildman–Crippen MR) is 75.4 cm³/mol. The van der Waals surface area contributed by atoms with Gasteiger partial charge in [0, 0.05) is 6.04 Å². The summed E-state index contributed by atoms with van der Waals surface area (Å²) in [6, 6.07) is 7.18. The third-order valence-corrected chi connectivity index (χ3v) is 3.53. The topological polar surface area (TPSA) is 24.1 Å². The van der Waals surface area contributed by atoms with Gasteiger partial charge in [0.15, 0.2) is 0 Å². The summed E-state index contributed by atoms with van der Waals surface area (Å²) < 4.78 is 0. The second kappa shape index (κ2) is 6.77. The minimum Gasteiger partial charge on any atom is -0.319 e. The van der Waals surface area contributed by atoms with Gasteiger partial charge in [0.05, 0.1) is 0 Å². The molecule has 0 radical (unpaired) electrons. The molecule has 1 aromatic rings. The first-order chi connectivity index (χ1) is 8.13. The summed E-state index contributed by atoms with van der Waals surface area (Å²) in [4.78, 5) is 0. The highest BCUT2D eigenvalue weighted by atomic mass is 14.9. The van der Waals surface area contributed by atoms with Gasteiger partial charge in [-0.3, -0.25) is 0 Å². The Hall–Kier alpha value is -0.860. The van der Waals surface area contributed by atoms with E-state index in [-0.39, 0.29) is 0 Å². The van der Waals surface area contributed by atoms with Crippen molar-refractivity contribution in [1.29, 1.82) is 0 Å². The van der Waals surface area contributed by atoms with Crippen molar-refractivity contribution in [3.63, 3.8) is 0 Å². The summed E-state index contributed by atoms with van der Waals surface area (Å²) in [5, 5.41) is 6.77. The lowest BCUT2D eigenvalue weighted by atomic mass is 9.88. The Balaban J connectivity index is 2.99. The van der Waals surface area contributed by atoms with Crippen molar-refractivity contribution in [3.8, 4) is 0 Å². The van der Waals surface area contributed by atoms with E-state index in [1.807, 2.05) is 7.05 Å². The van der Waals surface area contributed by atoms with E-state index in [4.69, 9.17) is 0 Å². The van der Waals surface area contributed by atoms with Crippen LogP contribution >= 0.6 is 0 Å². The Bertz CT molecular complexity index is 347. The molecule has 0 bridgehead atoms. The molecule has 0 saturated carbocycles. The number of hydrogen-bond donors (Lipinski definition) is 2. The van der Waals surface area contributed by atoms with Crippen molar-refractivity contribution < 1.29 is 0 Å². The van der Waals surface area contributed by atoms with E-state index in [0.29, 0.717) is 12.0 Å². The molecule has 0 aliphatic carbocycles. The zero-order chi connectivity index (χ0) is 12.8. The lowest BCUT2D eigenvalue weighted by Crippen LogP contribution is -2.32. The number of rotatable bonds is 6. The SMILES string of the molecule is CCC(CNC)C(NC)c1ccc(C)cc1C. The van der Waals surface area contributed by atoms with Gasteiger partial charge in [-0.05, 0) is 51.5 Å². The Morgan fingerprint density at radius 3 is 2.35 bits per heavy atom. The van der Waals surface area contributed by atoms with E-state index in [9.17, 15) is 0 Å². The fourth-order valence-corrected chi connectivity index (χ4v) is 2.58. The standard InChI is InChI=1S/C15H26N2/c1-6-13(10-16-4)15(17-5)14-8-7-11(2)9-12(14)3/h7-9,13,15-17H,6,10H2,1-5H3. The molecule has 0 heterocycles. The number of hydrogen-bond acceptors (Lipinski definition) is 2. The molecule has 2 heteroatoms. The van der Waals surface area contributed by atoms with Crippen LogP contribution in [-0.2, 0) is 0 Å². The van der Waals surface area contributed by atoms with Gasteiger partial charge in [0.1, 0.15) is 0 Å². The summed E-state index contributed by atoms with van der Waals surface area (Å²) in [6.45, 7) is 7.67. The van der Waals surface area contributed by atoms with Crippen molar-refractivity contribution in [3.05, 3.63) is 34.9 Å². The van der Waals surface area contributed by atoms with Gasteiger partial charge in [-0.2, -0.15) is 0 Å². The van der Waals surface area contributed by atoms with Crippen LogP contribution in [0.1, 0.15) is 36.1 Å². The smallest absolute Gasteiger partial charge is 0.0360 e. The highest BCUT2D eigenvalue weighted by Crippen LogP contribution is 2.27. The molecule has 0 fully saturated rings. The van der Waals surface area contributed by atoms with E-state index in [2.05, 4.69) is 56.7 Å². The molecule has 2 unspecified atom stereocenters. The Kier molecular flexibility index (Phi) is 5.66. The van der Waals surface area contributed by atoms with Crippen LogP contribution in [0.25, 0.3) is 0 Å². The maximum Gasteiger partial charge on any atom is 0.0360 e. The predicted octanol–water partition coefficient (Wildman–Crippen LogP) is 2.81. The molecule has 0 aliphatic heterocycles. The normalized spacial score (nSPS) is 14.6. The van der Waals surface area contributed by atoms with E-state index < -0.39 is 0 Å². The second-order valence-corrected chi connectivity index (χ2v) is 4.85. The van der Waals surface area contributed by atoms with Gasteiger partial charge in [-0.15, -0.1) is 0 Å².